The Hall–Kier alpha value is -1.79. The Labute approximate surface area is 184 Å². The largest absolute Gasteiger partial charge is 0.444 e. The van der Waals surface area contributed by atoms with E-state index in [-0.39, 0.29) is 11.3 Å². The minimum atomic E-state index is -0.587. The van der Waals surface area contributed by atoms with Crippen LogP contribution >= 0.6 is 11.6 Å². The summed E-state index contributed by atoms with van der Waals surface area (Å²) in [5, 5.41) is 3.84. The SMILES string of the molecule is CC(C)(C)OC(=O)N1CCCCC1C(=O)NCC1(c2ccc(Cl)cc2)CCOCC1. The van der Waals surface area contributed by atoms with Crippen LogP contribution in [0, 0.1) is 0 Å². The fourth-order valence-electron chi connectivity index (χ4n) is 4.25. The smallest absolute Gasteiger partial charge is 0.410 e. The first-order valence-electron chi connectivity index (χ1n) is 10.8. The van der Waals surface area contributed by atoms with Crippen molar-refractivity contribution in [3.63, 3.8) is 0 Å². The molecule has 0 bridgehead atoms. The van der Waals surface area contributed by atoms with Gasteiger partial charge in [0, 0.05) is 36.7 Å². The van der Waals surface area contributed by atoms with E-state index in [4.69, 9.17) is 21.1 Å². The van der Waals surface area contributed by atoms with Gasteiger partial charge in [-0.1, -0.05) is 23.7 Å². The molecule has 166 valence electrons. The molecule has 0 aliphatic carbocycles. The Morgan fingerprint density at radius 1 is 1.20 bits per heavy atom. The van der Waals surface area contributed by atoms with Gasteiger partial charge in [-0.3, -0.25) is 9.69 Å². The van der Waals surface area contributed by atoms with Crippen molar-refractivity contribution in [1.29, 1.82) is 0 Å². The third-order valence-electron chi connectivity index (χ3n) is 5.94. The zero-order valence-electron chi connectivity index (χ0n) is 18.2. The van der Waals surface area contributed by atoms with Gasteiger partial charge < -0.3 is 14.8 Å². The normalized spacial score (nSPS) is 21.7. The topological polar surface area (TPSA) is 67.9 Å². The second kappa shape index (κ2) is 9.56. The Balaban J connectivity index is 1.70. The average Bonchev–Trinajstić information content (AvgIpc) is 2.72. The van der Waals surface area contributed by atoms with Gasteiger partial charge >= 0.3 is 6.09 Å². The second-order valence-electron chi connectivity index (χ2n) is 9.30. The van der Waals surface area contributed by atoms with E-state index in [0.29, 0.717) is 37.7 Å². The number of benzene rings is 1. The molecule has 2 fully saturated rings. The highest BCUT2D eigenvalue weighted by atomic mass is 35.5. The van der Waals surface area contributed by atoms with E-state index in [2.05, 4.69) is 5.32 Å². The van der Waals surface area contributed by atoms with Crippen molar-refractivity contribution in [3.05, 3.63) is 34.9 Å². The molecule has 2 amide bonds. The molecule has 1 N–H and O–H groups in total. The monoisotopic (exact) mass is 436 g/mol. The molecule has 1 aromatic rings. The van der Waals surface area contributed by atoms with Crippen molar-refractivity contribution in [1.82, 2.24) is 10.2 Å². The van der Waals surface area contributed by atoms with Gasteiger partial charge in [0.2, 0.25) is 5.91 Å². The van der Waals surface area contributed by atoms with Crippen molar-refractivity contribution in [2.24, 2.45) is 0 Å². The molecule has 0 saturated carbocycles. The van der Waals surface area contributed by atoms with Crippen LogP contribution in [0.5, 0.6) is 0 Å². The van der Waals surface area contributed by atoms with Crippen molar-refractivity contribution in [3.8, 4) is 0 Å². The standard InChI is InChI=1S/C23H33ClN2O4/c1-22(2,3)30-21(28)26-13-5-4-6-19(26)20(27)25-16-23(11-14-29-15-12-23)17-7-9-18(24)10-8-17/h7-10,19H,4-6,11-16H2,1-3H3,(H,25,27). The molecule has 0 radical (unpaired) electrons. The van der Waals surface area contributed by atoms with Crippen LogP contribution in [0.2, 0.25) is 5.02 Å². The van der Waals surface area contributed by atoms with E-state index in [1.165, 1.54) is 0 Å². The molecule has 30 heavy (non-hydrogen) atoms. The van der Waals surface area contributed by atoms with Crippen LogP contribution in [-0.4, -0.2) is 54.8 Å². The number of halogens is 1. The van der Waals surface area contributed by atoms with Gasteiger partial charge in [0.05, 0.1) is 0 Å². The van der Waals surface area contributed by atoms with Crippen molar-refractivity contribution in [2.75, 3.05) is 26.3 Å². The van der Waals surface area contributed by atoms with Crippen LogP contribution in [0.1, 0.15) is 58.4 Å². The van der Waals surface area contributed by atoms with Gasteiger partial charge in [-0.2, -0.15) is 0 Å². The number of carbonyl (C=O) groups excluding carboxylic acids is 2. The molecule has 0 aromatic heterocycles. The molecule has 2 aliphatic rings. The van der Waals surface area contributed by atoms with Gasteiger partial charge in [-0.15, -0.1) is 0 Å². The first kappa shape index (κ1) is 22.9. The maximum atomic E-state index is 13.1. The molecule has 1 atom stereocenters. The number of hydrogen-bond acceptors (Lipinski definition) is 4. The first-order chi connectivity index (χ1) is 14.2. The molecule has 2 aliphatic heterocycles. The van der Waals surface area contributed by atoms with Gasteiger partial charge in [0.15, 0.2) is 0 Å². The zero-order chi connectivity index (χ0) is 21.8. The third-order valence-corrected chi connectivity index (χ3v) is 6.19. The van der Waals surface area contributed by atoms with Gasteiger partial charge in [-0.25, -0.2) is 4.79 Å². The van der Waals surface area contributed by atoms with Crippen molar-refractivity contribution < 1.29 is 19.1 Å². The van der Waals surface area contributed by atoms with Crippen LogP contribution in [0.15, 0.2) is 24.3 Å². The molecule has 7 heteroatoms. The summed E-state index contributed by atoms with van der Waals surface area (Å²) in [6, 6.07) is 7.36. The van der Waals surface area contributed by atoms with Gasteiger partial charge in [0.1, 0.15) is 11.6 Å². The van der Waals surface area contributed by atoms with Crippen LogP contribution in [0.3, 0.4) is 0 Å². The Kier molecular flexibility index (Phi) is 7.30. The first-order valence-corrected chi connectivity index (χ1v) is 11.2. The highest BCUT2D eigenvalue weighted by molar-refractivity contribution is 6.30. The lowest BCUT2D eigenvalue weighted by Crippen LogP contribution is -2.55. The van der Waals surface area contributed by atoms with E-state index < -0.39 is 17.7 Å². The number of hydrogen-bond donors (Lipinski definition) is 1. The molecular weight excluding hydrogens is 404 g/mol. The lowest BCUT2D eigenvalue weighted by molar-refractivity contribution is -0.128. The van der Waals surface area contributed by atoms with Gasteiger partial charge in [-0.05, 0) is 70.6 Å². The number of nitrogens with one attached hydrogen (secondary N) is 1. The summed E-state index contributed by atoms with van der Waals surface area (Å²) in [5.74, 6) is -0.111. The van der Waals surface area contributed by atoms with Crippen molar-refractivity contribution >= 4 is 23.6 Å². The second-order valence-corrected chi connectivity index (χ2v) is 9.74. The van der Waals surface area contributed by atoms with E-state index >= 15 is 0 Å². The molecule has 0 spiro atoms. The summed E-state index contributed by atoms with van der Waals surface area (Å²) in [7, 11) is 0. The van der Waals surface area contributed by atoms with Crippen LogP contribution in [0.4, 0.5) is 4.79 Å². The lowest BCUT2D eigenvalue weighted by Gasteiger charge is -2.40. The predicted octanol–water partition coefficient (Wildman–Crippen LogP) is 4.29. The summed E-state index contributed by atoms with van der Waals surface area (Å²) in [6.45, 7) is 7.89. The molecule has 2 saturated heterocycles. The van der Waals surface area contributed by atoms with Crippen molar-refractivity contribution in [2.45, 2.75) is 69.9 Å². The average molecular weight is 437 g/mol. The van der Waals surface area contributed by atoms with E-state index in [1.54, 1.807) is 4.90 Å². The highest BCUT2D eigenvalue weighted by Gasteiger charge is 2.38. The predicted molar refractivity (Wildman–Crippen MR) is 117 cm³/mol. The minimum absolute atomic E-state index is 0.111. The highest BCUT2D eigenvalue weighted by Crippen LogP contribution is 2.35. The summed E-state index contributed by atoms with van der Waals surface area (Å²) < 4.78 is 11.1. The zero-order valence-corrected chi connectivity index (χ0v) is 19.0. The molecule has 1 aromatic carbocycles. The van der Waals surface area contributed by atoms with Gasteiger partial charge in [0.25, 0.3) is 0 Å². The molecule has 2 heterocycles. The van der Waals surface area contributed by atoms with Crippen LogP contribution < -0.4 is 5.32 Å². The van der Waals surface area contributed by atoms with E-state index in [9.17, 15) is 9.59 Å². The van der Waals surface area contributed by atoms with E-state index in [0.717, 1.165) is 31.2 Å². The summed E-state index contributed by atoms with van der Waals surface area (Å²) in [5.41, 5.74) is 0.378. The maximum Gasteiger partial charge on any atom is 0.410 e. The van der Waals surface area contributed by atoms with E-state index in [1.807, 2.05) is 45.0 Å². The number of carbonyl (C=O) groups is 2. The lowest BCUT2D eigenvalue weighted by atomic mass is 9.74. The minimum Gasteiger partial charge on any atom is -0.444 e. The molecular formula is C23H33ClN2O4. The molecule has 3 rings (SSSR count). The summed E-state index contributed by atoms with van der Waals surface area (Å²) >= 11 is 6.07. The third kappa shape index (κ3) is 5.67. The number of nitrogens with zero attached hydrogens (tertiary/aromatic N) is 1. The number of rotatable bonds is 4. The fraction of sp³-hybridized carbons (Fsp3) is 0.652. The van der Waals surface area contributed by atoms with Crippen LogP contribution in [-0.2, 0) is 19.7 Å². The number of amides is 2. The Morgan fingerprint density at radius 3 is 2.50 bits per heavy atom. The number of likely N-dealkylation sites (tertiary alicyclic amines) is 1. The summed E-state index contributed by atoms with van der Waals surface area (Å²) in [6.07, 6.45) is 3.70. The number of piperidine rings is 1. The van der Waals surface area contributed by atoms with Crippen LogP contribution in [0.25, 0.3) is 0 Å². The molecule has 1 unspecified atom stereocenters. The summed E-state index contributed by atoms with van der Waals surface area (Å²) in [4.78, 5) is 27.4. The fourth-order valence-corrected chi connectivity index (χ4v) is 4.38. The quantitative estimate of drug-likeness (QED) is 0.764. The number of ether oxygens (including phenoxy) is 2. The molecule has 6 nitrogen and oxygen atoms in total. The Bertz CT molecular complexity index is 739. The Morgan fingerprint density at radius 2 is 1.87 bits per heavy atom. The maximum absolute atomic E-state index is 13.1.